The Hall–Kier alpha value is -2.71. The van der Waals surface area contributed by atoms with Gasteiger partial charge in [0.1, 0.15) is 6.61 Å². The Kier molecular flexibility index (Phi) is 6.82. The lowest BCUT2D eigenvalue weighted by atomic mass is 9.77. The van der Waals surface area contributed by atoms with E-state index >= 15 is 0 Å². The van der Waals surface area contributed by atoms with Gasteiger partial charge in [-0.2, -0.15) is 4.39 Å². The standard InChI is InChI=1S/C23H28BFN2O4/c1-16-11-20(25)26-13-18(16)12-19(24-30-22(2,3)23(4,5)31-24)14-27-21(28)29-15-17-9-7-6-8-10-17/h6-13H,14-15H2,1-5H3,(H,27,28). The fraction of sp³-hybridized carbons (Fsp3) is 0.391. The van der Waals surface area contributed by atoms with Crippen molar-refractivity contribution in [2.24, 2.45) is 0 Å². The zero-order valence-corrected chi connectivity index (χ0v) is 18.6. The number of alkyl carbamates (subject to hydrolysis) is 1. The predicted octanol–water partition coefficient (Wildman–Crippen LogP) is 4.47. The van der Waals surface area contributed by atoms with Crippen LogP contribution in [-0.2, 0) is 20.7 Å². The number of ether oxygens (including phenoxy) is 1. The average Bonchev–Trinajstić information content (AvgIpc) is 2.93. The van der Waals surface area contributed by atoms with Crippen molar-refractivity contribution in [3.8, 4) is 0 Å². The molecule has 6 nitrogen and oxygen atoms in total. The molecule has 1 amide bonds. The van der Waals surface area contributed by atoms with E-state index in [2.05, 4.69) is 10.3 Å². The van der Waals surface area contributed by atoms with Gasteiger partial charge >= 0.3 is 13.2 Å². The fourth-order valence-corrected chi connectivity index (χ4v) is 3.03. The summed E-state index contributed by atoms with van der Waals surface area (Å²) < 4.78 is 31.0. The molecule has 0 spiro atoms. The lowest BCUT2D eigenvalue weighted by Gasteiger charge is -2.32. The minimum absolute atomic E-state index is 0.140. The van der Waals surface area contributed by atoms with Crippen LogP contribution in [-0.4, -0.2) is 35.9 Å². The first kappa shape index (κ1) is 23.0. The van der Waals surface area contributed by atoms with Gasteiger partial charge in [-0.1, -0.05) is 36.4 Å². The quantitative estimate of drug-likeness (QED) is 0.545. The molecule has 0 atom stereocenters. The highest BCUT2D eigenvalue weighted by atomic mass is 19.1. The Morgan fingerprint density at radius 1 is 1.19 bits per heavy atom. The van der Waals surface area contributed by atoms with E-state index in [1.165, 1.54) is 12.3 Å². The molecule has 2 aromatic rings. The van der Waals surface area contributed by atoms with Gasteiger partial charge in [-0.15, -0.1) is 0 Å². The number of hydrogen-bond donors (Lipinski definition) is 1. The van der Waals surface area contributed by atoms with Crippen molar-refractivity contribution in [2.45, 2.75) is 52.4 Å². The van der Waals surface area contributed by atoms with Crippen LogP contribution in [0.25, 0.3) is 6.08 Å². The number of hydrogen-bond acceptors (Lipinski definition) is 5. The van der Waals surface area contributed by atoms with Gasteiger partial charge in [-0.25, -0.2) is 9.78 Å². The van der Waals surface area contributed by atoms with E-state index in [0.717, 1.165) is 5.56 Å². The van der Waals surface area contributed by atoms with Crippen molar-refractivity contribution < 1.29 is 23.2 Å². The molecule has 0 unspecified atom stereocenters. The monoisotopic (exact) mass is 426 g/mol. The second-order valence-corrected chi connectivity index (χ2v) is 8.59. The molecule has 2 heterocycles. The molecule has 8 heteroatoms. The number of aryl methyl sites for hydroxylation is 1. The molecule has 0 saturated carbocycles. The van der Waals surface area contributed by atoms with Crippen molar-refractivity contribution in [1.29, 1.82) is 0 Å². The maximum atomic E-state index is 13.4. The highest BCUT2D eigenvalue weighted by molar-refractivity contribution is 6.56. The molecule has 1 aliphatic heterocycles. The SMILES string of the molecule is Cc1cc(F)ncc1C=C(CNC(=O)OCc1ccccc1)B1OC(C)(C)C(C)(C)O1. The first-order valence-electron chi connectivity index (χ1n) is 10.2. The normalized spacial score (nSPS) is 17.5. The van der Waals surface area contributed by atoms with Gasteiger partial charge < -0.3 is 19.4 Å². The molecule has 1 N–H and O–H groups in total. The van der Waals surface area contributed by atoms with E-state index in [1.807, 2.05) is 58.0 Å². The van der Waals surface area contributed by atoms with E-state index < -0.39 is 30.4 Å². The predicted molar refractivity (Wildman–Crippen MR) is 118 cm³/mol. The summed E-state index contributed by atoms with van der Waals surface area (Å²) >= 11 is 0. The maximum absolute atomic E-state index is 13.4. The highest BCUT2D eigenvalue weighted by Gasteiger charge is 2.52. The van der Waals surface area contributed by atoms with Gasteiger partial charge in [-0.05, 0) is 62.8 Å². The van der Waals surface area contributed by atoms with E-state index in [-0.39, 0.29) is 13.2 Å². The van der Waals surface area contributed by atoms with Gasteiger partial charge in [0.15, 0.2) is 0 Å². The lowest BCUT2D eigenvalue weighted by Crippen LogP contribution is -2.41. The van der Waals surface area contributed by atoms with Crippen LogP contribution in [0.5, 0.6) is 0 Å². The molecule has 164 valence electrons. The summed E-state index contributed by atoms with van der Waals surface area (Å²) in [5, 5.41) is 2.75. The molecule has 1 aromatic carbocycles. The Morgan fingerprint density at radius 2 is 1.84 bits per heavy atom. The maximum Gasteiger partial charge on any atom is 0.492 e. The van der Waals surface area contributed by atoms with Gasteiger partial charge in [0.25, 0.3) is 0 Å². The molecule has 1 saturated heterocycles. The van der Waals surface area contributed by atoms with E-state index in [0.29, 0.717) is 16.6 Å². The summed E-state index contributed by atoms with van der Waals surface area (Å²) in [6.07, 6.45) is 2.70. The van der Waals surface area contributed by atoms with Crippen LogP contribution >= 0.6 is 0 Å². The van der Waals surface area contributed by atoms with Crippen LogP contribution < -0.4 is 5.32 Å². The summed E-state index contributed by atoms with van der Waals surface area (Å²) in [4.78, 5) is 16.0. The number of benzene rings is 1. The van der Waals surface area contributed by atoms with Crippen LogP contribution in [0.2, 0.25) is 0 Å². The molecule has 1 aliphatic rings. The number of rotatable bonds is 6. The summed E-state index contributed by atoms with van der Waals surface area (Å²) in [5.41, 5.74) is 1.92. The third kappa shape index (κ3) is 5.71. The van der Waals surface area contributed by atoms with Gasteiger partial charge in [0.05, 0.1) is 11.2 Å². The smallest absolute Gasteiger partial charge is 0.445 e. The number of nitrogens with zero attached hydrogens (tertiary/aromatic N) is 1. The van der Waals surface area contributed by atoms with Crippen molar-refractivity contribution in [3.05, 3.63) is 70.7 Å². The van der Waals surface area contributed by atoms with Crippen LogP contribution in [0.15, 0.2) is 48.1 Å². The molecule has 0 radical (unpaired) electrons. The van der Waals surface area contributed by atoms with Crippen LogP contribution in [0.3, 0.4) is 0 Å². The minimum Gasteiger partial charge on any atom is -0.445 e. The lowest BCUT2D eigenvalue weighted by molar-refractivity contribution is 0.00578. The first-order valence-corrected chi connectivity index (χ1v) is 10.2. The van der Waals surface area contributed by atoms with Gasteiger partial charge in [0.2, 0.25) is 5.95 Å². The number of carbonyl (C=O) groups is 1. The van der Waals surface area contributed by atoms with Gasteiger partial charge in [-0.3, -0.25) is 0 Å². The van der Waals surface area contributed by atoms with Crippen LogP contribution in [0, 0.1) is 12.9 Å². The van der Waals surface area contributed by atoms with Crippen molar-refractivity contribution in [3.63, 3.8) is 0 Å². The number of nitrogens with one attached hydrogen (secondary N) is 1. The molecule has 1 fully saturated rings. The summed E-state index contributed by atoms with van der Waals surface area (Å²) in [5.74, 6) is -0.547. The summed E-state index contributed by atoms with van der Waals surface area (Å²) in [6.45, 7) is 9.92. The number of halogens is 1. The number of pyridine rings is 1. The Balaban J connectivity index is 1.74. The van der Waals surface area contributed by atoms with Crippen molar-refractivity contribution in [1.82, 2.24) is 10.3 Å². The number of carbonyl (C=O) groups excluding carboxylic acids is 1. The Labute approximate surface area is 183 Å². The molecule has 3 rings (SSSR count). The van der Waals surface area contributed by atoms with E-state index in [1.54, 1.807) is 13.0 Å². The van der Waals surface area contributed by atoms with Crippen LogP contribution in [0.4, 0.5) is 9.18 Å². The number of aromatic nitrogens is 1. The average molecular weight is 426 g/mol. The third-order valence-electron chi connectivity index (χ3n) is 5.66. The van der Waals surface area contributed by atoms with E-state index in [4.69, 9.17) is 14.0 Å². The van der Waals surface area contributed by atoms with Crippen molar-refractivity contribution >= 4 is 19.3 Å². The Bertz CT molecular complexity index is 947. The number of amides is 1. The third-order valence-corrected chi connectivity index (χ3v) is 5.66. The molecular weight excluding hydrogens is 398 g/mol. The molecular formula is C23H28BFN2O4. The summed E-state index contributed by atoms with van der Waals surface area (Å²) in [7, 11) is -0.677. The summed E-state index contributed by atoms with van der Waals surface area (Å²) in [6, 6.07) is 10.8. The topological polar surface area (TPSA) is 69.7 Å². The fourth-order valence-electron chi connectivity index (χ4n) is 3.03. The molecule has 1 aromatic heterocycles. The first-order chi connectivity index (χ1) is 14.6. The van der Waals surface area contributed by atoms with Crippen LogP contribution in [0.1, 0.15) is 44.4 Å². The van der Waals surface area contributed by atoms with Crippen molar-refractivity contribution in [2.75, 3.05) is 6.54 Å². The Morgan fingerprint density at radius 3 is 2.45 bits per heavy atom. The minimum atomic E-state index is -0.677. The van der Waals surface area contributed by atoms with E-state index in [9.17, 15) is 9.18 Å². The highest BCUT2D eigenvalue weighted by Crippen LogP contribution is 2.38. The second-order valence-electron chi connectivity index (χ2n) is 8.59. The zero-order valence-electron chi connectivity index (χ0n) is 18.6. The van der Waals surface area contributed by atoms with Gasteiger partial charge in [0, 0.05) is 12.7 Å². The largest absolute Gasteiger partial charge is 0.492 e. The molecule has 0 bridgehead atoms. The molecule has 31 heavy (non-hydrogen) atoms. The zero-order chi connectivity index (χ0) is 22.6. The second kappa shape index (κ2) is 9.20. The molecule has 0 aliphatic carbocycles.